The Balaban J connectivity index is 1.99. The van der Waals surface area contributed by atoms with Crippen LogP contribution in [0.5, 0.6) is 5.75 Å². The minimum Gasteiger partial charge on any atom is -0.508 e. The highest BCUT2D eigenvalue weighted by molar-refractivity contribution is 5.37. The van der Waals surface area contributed by atoms with Crippen LogP contribution in [0.1, 0.15) is 17.5 Å². The lowest BCUT2D eigenvalue weighted by molar-refractivity contribution is 0.370. The van der Waals surface area contributed by atoms with E-state index in [0.717, 1.165) is 18.4 Å². The van der Waals surface area contributed by atoms with E-state index >= 15 is 0 Å². The number of ether oxygens (including phenoxy) is 1. The summed E-state index contributed by atoms with van der Waals surface area (Å²) < 4.78 is 5.54. The van der Waals surface area contributed by atoms with Crippen molar-refractivity contribution >= 4 is 0 Å². The van der Waals surface area contributed by atoms with Gasteiger partial charge < -0.3 is 9.84 Å². The first kappa shape index (κ1) is 11.9. The van der Waals surface area contributed by atoms with Gasteiger partial charge in [-0.05, 0) is 30.0 Å². The summed E-state index contributed by atoms with van der Waals surface area (Å²) in [6.45, 7) is 7.40. The van der Waals surface area contributed by atoms with Gasteiger partial charge in [0.15, 0.2) is 0 Å². The molecule has 2 nitrogen and oxygen atoms in total. The number of phenols is 1. The maximum absolute atomic E-state index is 9.66. The van der Waals surface area contributed by atoms with Gasteiger partial charge in [-0.1, -0.05) is 24.3 Å². The Bertz CT molecular complexity index is 423. The van der Waals surface area contributed by atoms with Gasteiger partial charge in [0.05, 0.1) is 12.2 Å². The van der Waals surface area contributed by atoms with E-state index in [4.69, 9.17) is 4.74 Å². The average molecular weight is 230 g/mol. The van der Waals surface area contributed by atoms with Gasteiger partial charge >= 0.3 is 0 Å². The first-order valence-corrected chi connectivity index (χ1v) is 5.92. The summed E-state index contributed by atoms with van der Waals surface area (Å²) in [6, 6.07) is 5.73. The molecule has 2 atom stereocenters. The molecule has 0 bridgehead atoms. The second-order valence-corrected chi connectivity index (χ2v) is 4.40. The van der Waals surface area contributed by atoms with E-state index in [0.29, 0.717) is 24.4 Å². The van der Waals surface area contributed by atoms with Crippen molar-refractivity contribution < 1.29 is 9.84 Å². The number of hydrogen-bond donors (Lipinski definition) is 1. The van der Waals surface area contributed by atoms with Gasteiger partial charge in [0.25, 0.3) is 0 Å². The summed E-state index contributed by atoms with van der Waals surface area (Å²) in [5.41, 5.74) is 2.13. The van der Waals surface area contributed by atoms with Crippen molar-refractivity contribution in [1.29, 1.82) is 0 Å². The molecule has 1 aromatic rings. The fourth-order valence-electron chi connectivity index (χ4n) is 2.05. The second kappa shape index (κ2) is 5.19. The van der Waals surface area contributed by atoms with Crippen molar-refractivity contribution in [1.82, 2.24) is 0 Å². The lowest BCUT2D eigenvalue weighted by Gasteiger charge is -2.05. The molecule has 0 saturated carbocycles. The molecule has 0 spiro atoms. The molecule has 2 unspecified atom stereocenters. The van der Waals surface area contributed by atoms with Gasteiger partial charge in [-0.25, -0.2) is 0 Å². The molecular weight excluding hydrogens is 212 g/mol. The highest BCUT2D eigenvalue weighted by Crippen LogP contribution is 2.30. The molecular formula is C15H18O2. The van der Waals surface area contributed by atoms with Crippen LogP contribution >= 0.6 is 0 Å². The van der Waals surface area contributed by atoms with Crippen molar-refractivity contribution in [2.45, 2.75) is 31.5 Å². The molecule has 0 radical (unpaired) electrons. The Labute approximate surface area is 102 Å². The van der Waals surface area contributed by atoms with Crippen LogP contribution in [-0.4, -0.2) is 17.3 Å². The maximum Gasteiger partial charge on any atom is 0.119 e. The van der Waals surface area contributed by atoms with Crippen LogP contribution in [0.25, 0.3) is 0 Å². The molecule has 0 aromatic heterocycles. The van der Waals surface area contributed by atoms with Crippen LogP contribution in [0.3, 0.4) is 0 Å². The summed E-state index contributed by atoms with van der Waals surface area (Å²) >= 11 is 0. The zero-order valence-electron chi connectivity index (χ0n) is 9.93. The van der Waals surface area contributed by atoms with Gasteiger partial charge in [0.2, 0.25) is 0 Å². The van der Waals surface area contributed by atoms with Crippen LogP contribution < -0.4 is 0 Å². The Morgan fingerprint density at radius 2 is 2.06 bits per heavy atom. The summed E-state index contributed by atoms with van der Waals surface area (Å²) in [7, 11) is 0. The van der Waals surface area contributed by atoms with E-state index in [1.54, 1.807) is 12.1 Å². The molecule has 0 amide bonds. The summed E-state index contributed by atoms with van der Waals surface area (Å²) in [5.74, 6) is 0.341. The van der Waals surface area contributed by atoms with Gasteiger partial charge in [0.1, 0.15) is 5.75 Å². The van der Waals surface area contributed by atoms with Crippen molar-refractivity contribution in [3.8, 4) is 5.75 Å². The number of benzene rings is 1. The smallest absolute Gasteiger partial charge is 0.119 e. The quantitative estimate of drug-likeness (QED) is 0.602. The molecule has 90 valence electrons. The molecule has 1 heterocycles. The topological polar surface area (TPSA) is 32.8 Å². The first-order valence-electron chi connectivity index (χ1n) is 5.92. The molecule has 1 aromatic carbocycles. The third-order valence-corrected chi connectivity index (χ3v) is 3.03. The summed E-state index contributed by atoms with van der Waals surface area (Å²) in [6.07, 6.45) is 6.86. The van der Waals surface area contributed by atoms with E-state index in [9.17, 15) is 5.11 Å². The molecule has 1 N–H and O–H groups in total. The van der Waals surface area contributed by atoms with Crippen LogP contribution in [0.15, 0.2) is 43.5 Å². The number of rotatable bonds is 6. The Morgan fingerprint density at radius 3 is 2.76 bits per heavy atom. The fraction of sp³-hybridized carbons (Fsp3) is 0.333. The Morgan fingerprint density at radius 1 is 1.24 bits per heavy atom. The Hall–Kier alpha value is -1.54. The number of phenolic OH excluding ortho intramolecular Hbond substituents is 1. The van der Waals surface area contributed by atoms with Crippen LogP contribution in [0, 0.1) is 0 Å². The van der Waals surface area contributed by atoms with Gasteiger partial charge in [0, 0.05) is 6.42 Å². The predicted molar refractivity (Wildman–Crippen MR) is 69.2 cm³/mol. The van der Waals surface area contributed by atoms with Crippen molar-refractivity contribution in [2.75, 3.05) is 0 Å². The molecule has 2 heteroatoms. The van der Waals surface area contributed by atoms with Gasteiger partial charge in [-0.3, -0.25) is 0 Å². The summed E-state index contributed by atoms with van der Waals surface area (Å²) in [4.78, 5) is 0. The molecule has 1 saturated heterocycles. The normalized spacial score (nSPS) is 22.1. The van der Waals surface area contributed by atoms with Crippen molar-refractivity contribution in [3.05, 3.63) is 54.6 Å². The third-order valence-electron chi connectivity index (χ3n) is 3.03. The number of hydrogen-bond acceptors (Lipinski definition) is 2. The first-order chi connectivity index (χ1) is 8.24. The maximum atomic E-state index is 9.66. The van der Waals surface area contributed by atoms with Crippen LogP contribution in [-0.2, 0) is 17.6 Å². The average Bonchev–Trinajstić information content (AvgIpc) is 3.02. The van der Waals surface area contributed by atoms with E-state index < -0.39 is 0 Å². The molecule has 0 aliphatic carbocycles. The highest BCUT2D eigenvalue weighted by Gasteiger charge is 2.37. The minimum absolute atomic E-state index is 0.314. The highest BCUT2D eigenvalue weighted by atomic mass is 16.6. The van der Waals surface area contributed by atoms with Crippen LogP contribution in [0.2, 0.25) is 0 Å². The van der Waals surface area contributed by atoms with Crippen LogP contribution in [0.4, 0.5) is 0 Å². The third kappa shape index (κ3) is 2.98. The Kier molecular flexibility index (Phi) is 3.64. The molecule has 1 aliphatic rings. The van der Waals surface area contributed by atoms with E-state index in [1.165, 1.54) is 5.56 Å². The standard InChI is InChI=1S/C15H18O2/c1-3-5-12-9-11(7-8-13(12)16)10-15-14(17-15)6-4-2/h3-4,7-9,14-16H,1-2,5-6,10H2. The molecule has 17 heavy (non-hydrogen) atoms. The van der Waals surface area contributed by atoms with Gasteiger partial charge in [-0.2, -0.15) is 0 Å². The molecule has 1 fully saturated rings. The van der Waals surface area contributed by atoms with Crippen molar-refractivity contribution in [3.63, 3.8) is 0 Å². The van der Waals surface area contributed by atoms with E-state index in [-0.39, 0.29) is 0 Å². The van der Waals surface area contributed by atoms with E-state index in [2.05, 4.69) is 13.2 Å². The zero-order chi connectivity index (χ0) is 12.3. The number of epoxide rings is 1. The lowest BCUT2D eigenvalue weighted by atomic mass is 10.0. The number of aromatic hydroxyl groups is 1. The largest absolute Gasteiger partial charge is 0.508 e. The fourth-order valence-corrected chi connectivity index (χ4v) is 2.05. The second-order valence-electron chi connectivity index (χ2n) is 4.40. The predicted octanol–water partition coefficient (Wildman–Crippen LogP) is 3.01. The van der Waals surface area contributed by atoms with Gasteiger partial charge in [-0.15, -0.1) is 13.2 Å². The van der Waals surface area contributed by atoms with E-state index in [1.807, 2.05) is 18.2 Å². The zero-order valence-corrected chi connectivity index (χ0v) is 9.93. The molecule has 2 rings (SSSR count). The number of allylic oxidation sites excluding steroid dienone is 1. The molecule has 1 aliphatic heterocycles. The lowest BCUT2D eigenvalue weighted by Crippen LogP contribution is -1.98. The van der Waals surface area contributed by atoms with Crippen molar-refractivity contribution in [2.24, 2.45) is 0 Å². The summed E-state index contributed by atoms with van der Waals surface area (Å²) in [5, 5.41) is 9.66. The monoisotopic (exact) mass is 230 g/mol. The minimum atomic E-state index is 0.314. The SMILES string of the molecule is C=CCc1cc(CC2OC2CC=C)ccc1O.